The number of carbonyl (C=O) groups excluding carboxylic acids is 1. The van der Waals surface area contributed by atoms with E-state index in [-0.39, 0.29) is 18.1 Å². The lowest BCUT2D eigenvalue weighted by Crippen LogP contribution is -2.48. The molecule has 0 radical (unpaired) electrons. The Morgan fingerprint density at radius 3 is 2.31 bits per heavy atom. The third-order valence-electron chi connectivity index (χ3n) is 4.64. The van der Waals surface area contributed by atoms with E-state index in [2.05, 4.69) is 5.32 Å². The van der Waals surface area contributed by atoms with Gasteiger partial charge in [-0.25, -0.2) is 0 Å². The normalized spacial score (nSPS) is 15.2. The van der Waals surface area contributed by atoms with Crippen LogP contribution < -0.4 is 10.2 Å². The zero-order chi connectivity index (χ0) is 21.0. The fourth-order valence-electron chi connectivity index (χ4n) is 3.11. The summed E-state index contributed by atoms with van der Waals surface area (Å²) in [4.78, 5) is 26.1. The molecular weight excluding hydrogens is 389 g/mol. The van der Waals surface area contributed by atoms with Crippen molar-refractivity contribution in [2.75, 3.05) is 42.9 Å². The third-order valence-corrected chi connectivity index (χ3v) is 4.64. The number of nitrogens with one attached hydrogen (secondary N) is 1. The summed E-state index contributed by atoms with van der Waals surface area (Å²) >= 11 is 0. The van der Waals surface area contributed by atoms with Gasteiger partial charge in [-0.15, -0.1) is 0 Å². The highest BCUT2D eigenvalue weighted by atomic mass is 19.4. The lowest BCUT2D eigenvalue weighted by Gasteiger charge is -2.36. The number of carbonyl (C=O) groups is 1. The Hall–Kier alpha value is -3.14. The molecule has 1 aliphatic rings. The number of hydrogen-bond acceptors (Lipinski definition) is 5. The molecule has 3 rings (SSSR count). The zero-order valence-electron chi connectivity index (χ0n) is 15.4. The van der Waals surface area contributed by atoms with Gasteiger partial charge in [-0.2, -0.15) is 13.2 Å². The number of non-ortho nitro benzene ring substituents is 1. The fraction of sp³-hybridized carbons (Fsp3) is 0.316. The van der Waals surface area contributed by atoms with Crippen molar-refractivity contribution in [3.8, 4) is 0 Å². The molecular formula is C19H19F3N4O3. The Morgan fingerprint density at radius 1 is 1.07 bits per heavy atom. The Morgan fingerprint density at radius 2 is 1.72 bits per heavy atom. The van der Waals surface area contributed by atoms with E-state index >= 15 is 0 Å². The molecule has 1 amide bonds. The number of piperazine rings is 1. The van der Waals surface area contributed by atoms with Gasteiger partial charge in [0.2, 0.25) is 5.91 Å². The monoisotopic (exact) mass is 408 g/mol. The van der Waals surface area contributed by atoms with Gasteiger partial charge in [-0.05, 0) is 30.3 Å². The molecule has 2 aromatic carbocycles. The van der Waals surface area contributed by atoms with E-state index in [0.717, 1.165) is 12.1 Å². The molecule has 154 valence electrons. The van der Waals surface area contributed by atoms with Crippen LogP contribution in [0.25, 0.3) is 0 Å². The minimum Gasteiger partial charge on any atom is -0.369 e. The van der Waals surface area contributed by atoms with Crippen molar-refractivity contribution < 1.29 is 22.9 Å². The number of rotatable bonds is 5. The Balaban J connectivity index is 1.50. The lowest BCUT2D eigenvalue weighted by atomic mass is 10.1. The minimum absolute atomic E-state index is 0.0614. The second-order valence-corrected chi connectivity index (χ2v) is 6.66. The van der Waals surface area contributed by atoms with Gasteiger partial charge in [0.1, 0.15) is 0 Å². The molecule has 0 aliphatic carbocycles. The smallest absolute Gasteiger partial charge is 0.369 e. The summed E-state index contributed by atoms with van der Waals surface area (Å²) in [6.07, 6.45) is -4.38. The molecule has 1 fully saturated rings. The van der Waals surface area contributed by atoms with E-state index in [9.17, 15) is 28.1 Å². The summed E-state index contributed by atoms with van der Waals surface area (Å²) in [5, 5.41) is 13.3. The maximum Gasteiger partial charge on any atom is 0.416 e. The second kappa shape index (κ2) is 8.48. The SMILES string of the molecule is O=C(CN1CCN(c2cccc(C(F)(F)F)c2)CC1)Nc1ccc([N+](=O)[O-])cc1. The first-order chi connectivity index (χ1) is 13.7. The molecule has 1 aliphatic heterocycles. The minimum atomic E-state index is -4.38. The van der Waals surface area contributed by atoms with Crippen LogP contribution in [0.2, 0.25) is 0 Å². The van der Waals surface area contributed by atoms with Crippen LogP contribution in [-0.2, 0) is 11.0 Å². The number of benzene rings is 2. The van der Waals surface area contributed by atoms with Crippen LogP contribution in [0.15, 0.2) is 48.5 Å². The van der Waals surface area contributed by atoms with Crippen LogP contribution in [0.3, 0.4) is 0 Å². The average Bonchev–Trinajstić information content (AvgIpc) is 2.68. The van der Waals surface area contributed by atoms with Crippen molar-refractivity contribution in [1.82, 2.24) is 4.90 Å². The maximum absolute atomic E-state index is 12.9. The second-order valence-electron chi connectivity index (χ2n) is 6.66. The molecule has 0 unspecified atom stereocenters. The van der Waals surface area contributed by atoms with Crippen LogP contribution in [0.4, 0.5) is 30.2 Å². The van der Waals surface area contributed by atoms with E-state index in [1.807, 2.05) is 9.80 Å². The third kappa shape index (κ3) is 5.44. The van der Waals surface area contributed by atoms with Crippen molar-refractivity contribution in [2.45, 2.75) is 6.18 Å². The average molecular weight is 408 g/mol. The van der Waals surface area contributed by atoms with Crippen molar-refractivity contribution >= 4 is 23.0 Å². The van der Waals surface area contributed by atoms with E-state index < -0.39 is 16.7 Å². The molecule has 0 saturated carbocycles. The molecule has 1 N–H and O–H groups in total. The fourth-order valence-corrected chi connectivity index (χ4v) is 3.11. The molecule has 1 heterocycles. The van der Waals surface area contributed by atoms with Gasteiger partial charge in [-0.3, -0.25) is 19.8 Å². The molecule has 29 heavy (non-hydrogen) atoms. The van der Waals surface area contributed by atoms with Crippen molar-refractivity contribution in [1.29, 1.82) is 0 Å². The molecule has 0 atom stereocenters. The predicted octanol–water partition coefficient (Wildman–Crippen LogP) is 3.37. The number of anilines is 2. The number of nitro benzene ring substituents is 1. The summed E-state index contributed by atoms with van der Waals surface area (Å²) < 4.78 is 38.6. The van der Waals surface area contributed by atoms with E-state index in [0.29, 0.717) is 37.6 Å². The van der Waals surface area contributed by atoms with Gasteiger partial charge >= 0.3 is 6.18 Å². The summed E-state index contributed by atoms with van der Waals surface area (Å²) in [7, 11) is 0. The number of nitro groups is 1. The number of halogens is 3. The Kier molecular flexibility index (Phi) is 6.02. The van der Waals surface area contributed by atoms with Crippen molar-refractivity contribution in [3.63, 3.8) is 0 Å². The van der Waals surface area contributed by atoms with Gasteiger partial charge in [0.15, 0.2) is 0 Å². The van der Waals surface area contributed by atoms with E-state index in [1.165, 1.54) is 30.3 Å². The van der Waals surface area contributed by atoms with E-state index in [1.54, 1.807) is 6.07 Å². The topological polar surface area (TPSA) is 78.7 Å². The van der Waals surface area contributed by atoms with E-state index in [4.69, 9.17) is 0 Å². The zero-order valence-corrected chi connectivity index (χ0v) is 15.4. The Labute approximate surface area is 164 Å². The number of nitrogens with zero attached hydrogens (tertiary/aromatic N) is 3. The van der Waals surface area contributed by atoms with Gasteiger partial charge in [0.25, 0.3) is 5.69 Å². The molecule has 0 spiro atoms. The van der Waals surface area contributed by atoms with Crippen LogP contribution >= 0.6 is 0 Å². The highest BCUT2D eigenvalue weighted by Gasteiger charge is 2.31. The Bertz CT molecular complexity index is 879. The van der Waals surface area contributed by atoms with Gasteiger partial charge in [0.05, 0.1) is 17.0 Å². The number of hydrogen-bond donors (Lipinski definition) is 1. The highest BCUT2D eigenvalue weighted by Crippen LogP contribution is 2.31. The number of amides is 1. The van der Waals surface area contributed by atoms with Gasteiger partial charge < -0.3 is 10.2 Å². The molecule has 10 heteroatoms. The number of alkyl halides is 3. The highest BCUT2D eigenvalue weighted by molar-refractivity contribution is 5.92. The molecule has 0 aromatic heterocycles. The van der Waals surface area contributed by atoms with Crippen LogP contribution in [0.5, 0.6) is 0 Å². The van der Waals surface area contributed by atoms with Crippen LogP contribution in [0.1, 0.15) is 5.56 Å². The quantitative estimate of drug-likeness (QED) is 0.606. The van der Waals surface area contributed by atoms with Gasteiger partial charge in [0, 0.05) is 49.7 Å². The summed E-state index contributed by atoms with van der Waals surface area (Å²) in [5.74, 6) is -0.258. The summed E-state index contributed by atoms with van der Waals surface area (Å²) in [5.41, 5.74) is 0.228. The predicted molar refractivity (Wildman–Crippen MR) is 102 cm³/mol. The first-order valence-corrected chi connectivity index (χ1v) is 8.91. The standard InChI is InChI=1S/C19H19F3N4O3/c20-19(21,22)14-2-1-3-17(12-14)25-10-8-24(9-11-25)13-18(27)23-15-4-6-16(7-5-15)26(28)29/h1-7,12H,8-11,13H2,(H,23,27). The first-order valence-electron chi connectivity index (χ1n) is 8.91. The molecule has 0 bridgehead atoms. The molecule has 7 nitrogen and oxygen atoms in total. The maximum atomic E-state index is 12.9. The van der Waals surface area contributed by atoms with Gasteiger partial charge in [-0.1, -0.05) is 6.07 Å². The van der Waals surface area contributed by atoms with Crippen molar-refractivity contribution in [2.24, 2.45) is 0 Å². The van der Waals surface area contributed by atoms with Crippen LogP contribution in [0, 0.1) is 10.1 Å². The summed E-state index contributed by atoms with van der Waals surface area (Å²) in [6.45, 7) is 2.21. The largest absolute Gasteiger partial charge is 0.416 e. The summed E-state index contributed by atoms with van der Waals surface area (Å²) in [6, 6.07) is 10.8. The molecule has 2 aromatic rings. The first kappa shape index (κ1) is 20.6. The van der Waals surface area contributed by atoms with Crippen LogP contribution in [-0.4, -0.2) is 48.5 Å². The lowest BCUT2D eigenvalue weighted by molar-refractivity contribution is -0.384. The molecule has 1 saturated heterocycles. The van der Waals surface area contributed by atoms with Crippen molar-refractivity contribution in [3.05, 3.63) is 64.2 Å².